The fourth-order valence-corrected chi connectivity index (χ4v) is 15.4. The van der Waals surface area contributed by atoms with Crippen molar-refractivity contribution in [3.05, 3.63) is 46.0 Å². The molecule has 10 rings (SSSR count). The number of H-pyrrole nitrogens is 2. The number of rotatable bonds is 21. The number of methoxy groups -OCH3 is 1. The molecule has 0 amide bonds. The molecular formula is C38H55N16O23P4+. The maximum absolute atomic E-state index is 14.5. The number of hydrogen-bond acceptors (Lipinski definition) is 29. The Morgan fingerprint density at radius 3 is 2.04 bits per heavy atom. The van der Waals surface area contributed by atoms with Crippen LogP contribution in [0.25, 0.3) is 33.5 Å². The lowest BCUT2D eigenvalue weighted by atomic mass is 9.94. The van der Waals surface area contributed by atoms with Crippen molar-refractivity contribution in [1.29, 1.82) is 0 Å². The van der Waals surface area contributed by atoms with Gasteiger partial charge < -0.3 is 80.3 Å². The second kappa shape index (κ2) is 22.8. The summed E-state index contributed by atoms with van der Waals surface area (Å²) >= 11 is 0. The molecule has 10 heterocycles. The van der Waals surface area contributed by atoms with Gasteiger partial charge in [0.05, 0.1) is 58.8 Å². The molecule has 4 unspecified atom stereocenters. The number of phosphoric ester groups is 2. The number of anilines is 3. The Balaban J connectivity index is 0.829. The van der Waals surface area contributed by atoms with E-state index in [-0.39, 0.29) is 57.6 Å². The molecule has 444 valence electrons. The maximum atomic E-state index is 14.5. The molecule has 0 bridgehead atoms. The number of nitrogens with one attached hydrogen (secondary N) is 2. The zero-order chi connectivity index (χ0) is 58.1. The van der Waals surface area contributed by atoms with Crippen LogP contribution < -0.4 is 32.9 Å². The van der Waals surface area contributed by atoms with Crippen LogP contribution in [0.15, 0.2) is 34.9 Å². The number of fused-ring (bicyclic) bond motifs is 3. The number of aryl methyl sites for hydroxylation is 1. The summed E-state index contributed by atoms with van der Waals surface area (Å²) in [4.78, 5) is 100. The molecule has 4 aliphatic heterocycles. The Hall–Kier alpha value is -5.15. The van der Waals surface area contributed by atoms with Crippen LogP contribution in [0.3, 0.4) is 0 Å². The Bertz CT molecular complexity index is 3640. The molecule has 0 radical (unpaired) electrons. The quantitative estimate of drug-likeness (QED) is 0.0244. The highest BCUT2D eigenvalue weighted by Crippen LogP contribution is 2.68. The van der Waals surface area contributed by atoms with E-state index in [9.17, 15) is 62.7 Å². The van der Waals surface area contributed by atoms with Gasteiger partial charge in [0.15, 0.2) is 41.4 Å². The summed E-state index contributed by atoms with van der Waals surface area (Å²) in [6, 6.07) is 0. The van der Waals surface area contributed by atoms with E-state index in [2.05, 4.69) is 48.5 Å². The smallest absolute Gasteiger partial charge is 0.387 e. The highest BCUT2D eigenvalue weighted by molar-refractivity contribution is 7.66. The number of nitrogen functional groups attached to an aromatic ring is 3. The Morgan fingerprint density at radius 1 is 0.728 bits per heavy atom. The van der Waals surface area contributed by atoms with Gasteiger partial charge >= 0.3 is 36.7 Å². The average Bonchev–Trinajstić information content (AvgIpc) is 4.44. The fourth-order valence-electron chi connectivity index (χ4n) is 10.1. The molecule has 4 aliphatic rings. The zero-order valence-electron chi connectivity index (χ0n) is 42.2. The standard InChI is InChI=1S/C38H54N16O23P4/c1-50-15-54(31-22(50)33(59)49-38(41)47-31)34-23(55)16(3-4-51-5-7-69-8-6-51)17(73-34)9-71-79(62,63)76-81(66,67)77-80(64,65)72-11-19-27(26(68-2)36(75-19)52-13-44-20-28(39)42-12-43-29(20)52)78(60,61)70-10-18-24(56)25(57)35(74-18)53-14-45-21-30(53)46-37(40)48-32(21)58/h12-19,23-27,34-36,55-57H,3-11H2,1-2H3,(H11-,39,40,41,42,43,46,47,48,49,58,59,60,61,62,63,64,65,66,67)/p+1/t16-,17-,18-,19-,23-,24-,25-,26-,27-,34-,35-,36-/m1/s1. The first kappa shape index (κ1) is 59.0. The van der Waals surface area contributed by atoms with Gasteiger partial charge in [-0.25, -0.2) is 38.2 Å². The van der Waals surface area contributed by atoms with Crippen molar-refractivity contribution in [2.75, 3.05) is 77.0 Å². The minimum Gasteiger partial charge on any atom is -0.387 e. The third kappa shape index (κ3) is 12.0. The van der Waals surface area contributed by atoms with Crippen molar-refractivity contribution in [2.24, 2.45) is 13.0 Å². The second-order valence-electron chi connectivity index (χ2n) is 18.9. The number of imidazole rings is 3. The molecule has 4 fully saturated rings. The minimum atomic E-state index is -6.20. The average molecular weight is 1230 g/mol. The highest BCUT2D eigenvalue weighted by Gasteiger charge is 2.58. The van der Waals surface area contributed by atoms with Gasteiger partial charge in [0.2, 0.25) is 17.7 Å². The molecule has 16 atom stereocenters. The van der Waals surface area contributed by atoms with E-state index in [1.54, 1.807) is 0 Å². The molecule has 0 aromatic carbocycles. The number of morpholine rings is 1. The number of aromatic nitrogens is 12. The van der Waals surface area contributed by atoms with Crippen LogP contribution in [0.4, 0.5) is 17.7 Å². The Labute approximate surface area is 452 Å². The summed E-state index contributed by atoms with van der Waals surface area (Å²) in [5.74, 6) is -1.53. The molecule has 0 aliphatic carbocycles. The first-order valence-corrected chi connectivity index (χ1v) is 30.3. The van der Waals surface area contributed by atoms with Crippen molar-refractivity contribution in [3.8, 4) is 0 Å². The van der Waals surface area contributed by atoms with E-state index < -0.39 is 135 Å². The van der Waals surface area contributed by atoms with Crippen LogP contribution in [-0.4, -0.2) is 202 Å². The lowest BCUT2D eigenvalue weighted by Crippen LogP contribution is -2.45. The summed E-state index contributed by atoms with van der Waals surface area (Å²) in [7, 11) is -20.7. The van der Waals surface area contributed by atoms with Gasteiger partial charge in [-0.05, 0) is 13.0 Å². The van der Waals surface area contributed by atoms with Crippen LogP contribution in [0.1, 0.15) is 25.1 Å². The van der Waals surface area contributed by atoms with Crippen molar-refractivity contribution < 1.29 is 104 Å². The SMILES string of the molecule is CO[C@@H]1[C@H](P(=O)(O)OC[C@H]2O[C@@H](n3cnc4c(=O)[nH]c(N)nc43)[C@H](O)[C@@H]2O)[C@@H](COP(=O)(O)OP(=O)(O)OP(=O)(O)OC[C@H]2O[C@@H]([n+]3cn(C)c4c(=O)[nH]c(N)nc43)[C@H](O)[C@@H]2CCN2CCOCC2)O[C@H]1n1cnc2c(N)ncnc21. The van der Waals surface area contributed by atoms with Crippen LogP contribution in [0, 0.1) is 5.92 Å². The topological polar surface area (TPSA) is 545 Å². The Morgan fingerprint density at radius 2 is 1.35 bits per heavy atom. The number of nitrogens with zero attached hydrogens (tertiary/aromatic N) is 11. The number of hydrogen-bond donors (Lipinski definition) is 12. The maximum Gasteiger partial charge on any atom is 0.490 e. The predicted octanol–water partition coefficient (Wildman–Crippen LogP) is -3.66. The number of aromatic amines is 2. The number of ether oxygens (including phenoxy) is 5. The first-order valence-electron chi connectivity index (χ1n) is 24.2. The van der Waals surface area contributed by atoms with E-state index in [0.717, 1.165) is 30.7 Å². The largest absolute Gasteiger partial charge is 0.490 e. The molecule has 0 saturated carbocycles. The van der Waals surface area contributed by atoms with Gasteiger partial charge in [-0.2, -0.15) is 13.6 Å². The number of aliphatic hydroxyl groups excluding tert-OH is 3. The lowest BCUT2D eigenvalue weighted by molar-refractivity contribution is -0.745. The van der Waals surface area contributed by atoms with Crippen molar-refractivity contribution >= 4 is 82.3 Å². The van der Waals surface area contributed by atoms with Gasteiger partial charge in [0, 0.05) is 26.1 Å². The molecular weight excluding hydrogens is 1170 g/mol. The summed E-state index contributed by atoms with van der Waals surface area (Å²) in [6.45, 7) is -0.772. The fraction of sp³-hybridized carbons (Fsp3) is 0.605. The minimum absolute atomic E-state index is 0.00456. The zero-order valence-corrected chi connectivity index (χ0v) is 45.8. The number of nitrogens with two attached hydrogens (primary N) is 3. The monoisotopic (exact) mass is 1230 g/mol. The second-order valence-corrected chi connectivity index (χ2v) is 25.5. The van der Waals surface area contributed by atoms with E-state index in [4.69, 9.17) is 54.5 Å². The van der Waals surface area contributed by atoms with Crippen molar-refractivity contribution in [2.45, 2.75) is 73.5 Å². The molecule has 6 aromatic heterocycles. The van der Waals surface area contributed by atoms with Gasteiger partial charge in [-0.1, -0.05) is 4.98 Å². The van der Waals surface area contributed by atoms with Crippen molar-refractivity contribution in [3.63, 3.8) is 0 Å². The van der Waals surface area contributed by atoms with E-state index in [1.165, 1.54) is 27.1 Å². The van der Waals surface area contributed by atoms with Gasteiger partial charge in [0.1, 0.15) is 54.1 Å². The number of aliphatic hydroxyl groups is 3. The molecule has 81 heavy (non-hydrogen) atoms. The third-order valence-corrected chi connectivity index (χ3v) is 19.9. The normalized spacial score (nSPS) is 30.5. The van der Waals surface area contributed by atoms with Crippen LogP contribution in [-0.2, 0) is 71.2 Å². The van der Waals surface area contributed by atoms with Crippen molar-refractivity contribution in [1.82, 2.24) is 58.5 Å². The molecule has 6 aromatic rings. The highest BCUT2D eigenvalue weighted by atomic mass is 31.3. The molecule has 4 saturated heterocycles. The summed E-state index contributed by atoms with van der Waals surface area (Å²) in [5.41, 5.74) is 14.0. The first-order chi connectivity index (χ1) is 38.2. The third-order valence-electron chi connectivity index (χ3n) is 13.8. The van der Waals surface area contributed by atoms with E-state index >= 15 is 0 Å². The Kier molecular flexibility index (Phi) is 16.6. The van der Waals surface area contributed by atoms with Crippen LogP contribution in [0.5, 0.6) is 0 Å². The summed E-state index contributed by atoms with van der Waals surface area (Å²) in [5, 5.41) is 33.7. The predicted molar refractivity (Wildman–Crippen MR) is 267 cm³/mol. The van der Waals surface area contributed by atoms with Crippen LogP contribution >= 0.6 is 31.1 Å². The number of phosphoric acid groups is 3. The molecule has 0 spiro atoms. The summed E-state index contributed by atoms with van der Waals surface area (Å²) in [6.07, 6.45) is -10.8. The lowest BCUT2D eigenvalue weighted by Gasteiger charge is -2.29. The van der Waals surface area contributed by atoms with Crippen LogP contribution in [0.2, 0.25) is 0 Å². The van der Waals surface area contributed by atoms with E-state index in [0.29, 0.717) is 32.8 Å². The molecule has 39 nitrogen and oxygen atoms in total. The van der Waals surface area contributed by atoms with Gasteiger partial charge in [-0.3, -0.25) is 51.8 Å². The van der Waals surface area contributed by atoms with E-state index in [1.807, 2.05) is 4.90 Å². The molecule has 43 heteroatoms. The molecule has 15 N–H and O–H groups in total. The summed E-state index contributed by atoms with van der Waals surface area (Å²) < 4.78 is 113. The van der Waals surface area contributed by atoms with Gasteiger partial charge in [-0.15, -0.1) is 0 Å². The van der Waals surface area contributed by atoms with Gasteiger partial charge in [0.25, 0.3) is 17.1 Å².